The van der Waals surface area contributed by atoms with Gasteiger partial charge in [0.05, 0.1) is 5.02 Å². The number of hydrogen-bond acceptors (Lipinski definition) is 2. The maximum absolute atomic E-state index is 13.6. The zero-order valence-electron chi connectivity index (χ0n) is 11.9. The smallest absolute Gasteiger partial charge is 0.142 e. The molecule has 1 rings (SSSR count). The Labute approximate surface area is 120 Å². The topological polar surface area (TPSA) is 21.3 Å². The minimum Gasteiger partial charge on any atom is -0.385 e. The second kappa shape index (κ2) is 8.51. The lowest BCUT2D eigenvalue weighted by atomic mass is 9.92. The zero-order chi connectivity index (χ0) is 14.3. The second-order valence-electron chi connectivity index (χ2n) is 4.86. The third-order valence-electron chi connectivity index (χ3n) is 3.26. The fraction of sp³-hybridized carbons (Fsp3) is 0.600. The van der Waals surface area contributed by atoms with Gasteiger partial charge in [0.1, 0.15) is 5.82 Å². The van der Waals surface area contributed by atoms with Crippen LogP contribution in [0.25, 0.3) is 0 Å². The molecule has 0 amide bonds. The molecule has 0 aromatic heterocycles. The van der Waals surface area contributed by atoms with Crippen molar-refractivity contribution in [2.75, 3.05) is 20.3 Å². The van der Waals surface area contributed by atoms with Crippen LogP contribution in [0.3, 0.4) is 0 Å². The number of hydrogen-bond donors (Lipinski definition) is 1. The van der Waals surface area contributed by atoms with Crippen molar-refractivity contribution >= 4 is 11.6 Å². The van der Waals surface area contributed by atoms with Gasteiger partial charge >= 0.3 is 0 Å². The van der Waals surface area contributed by atoms with Crippen LogP contribution in [0.15, 0.2) is 18.2 Å². The molecule has 0 saturated carbocycles. The van der Waals surface area contributed by atoms with Gasteiger partial charge in [0.25, 0.3) is 0 Å². The molecule has 1 N–H and O–H groups in total. The van der Waals surface area contributed by atoms with Crippen molar-refractivity contribution < 1.29 is 9.13 Å². The summed E-state index contributed by atoms with van der Waals surface area (Å²) in [5.74, 6) is 0.00785. The highest BCUT2D eigenvalue weighted by atomic mass is 35.5. The molecule has 19 heavy (non-hydrogen) atoms. The molecule has 2 nitrogen and oxygen atoms in total. The fourth-order valence-electron chi connectivity index (χ4n) is 2.12. The molecular formula is C15H23ClFNO. The van der Waals surface area contributed by atoms with E-state index in [4.69, 9.17) is 16.3 Å². The van der Waals surface area contributed by atoms with Gasteiger partial charge < -0.3 is 10.1 Å². The molecule has 0 aliphatic rings. The molecule has 0 fully saturated rings. The Balaban J connectivity index is 2.84. The third kappa shape index (κ3) is 5.09. The Morgan fingerprint density at radius 1 is 1.42 bits per heavy atom. The summed E-state index contributed by atoms with van der Waals surface area (Å²) in [6, 6.07) is 5.17. The van der Waals surface area contributed by atoms with E-state index in [0.717, 1.165) is 24.9 Å². The number of methoxy groups -OCH3 is 1. The minimum atomic E-state index is -0.360. The maximum Gasteiger partial charge on any atom is 0.142 e. The van der Waals surface area contributed by atoms with Crippen LogP contribution < -0.4 is 5.32 Å². The molecule has 1 aromatic rings. The van der Waals surface area contributed by atoms with Gasteiger partial charge in [-0.3, -0.25) is 0 Å². The van der Waals surface area contributed by atoms with Gasteiger partial charge in [-0.2, -0.15) is 0 Å². The van der Waals surface area contributed by atoms with Crippen LogP contribution in [-0.4, -0.2) is 20.3 Å². The van der Waals surface area contributed by atoms with Gasteiger partial charge in [0, 0.05) is 19.8 Å². The predicted octanol–water partition coefficient (Wildman–Crippen LogP) is 4.19. The summed E-state index contributed by atoms with van der Waals surface area (Å²) in [4.78, 5) is 0. The van der Waals surface area contributed by atoms with E-state index in [1.54, 1.807) is 13.2 Å². The number of nitrogens with one attached hydrogen (secondary N) is 1. The Bertz CT molecular complexity index is 386. The predicted molar refractivity (Wildman–Crippen MR) is 78.1 cm³/mol. The van der Waals surface area contributed by atoms with E-state index in [9.17, 15) is 4.39 Å². The Morgan fingerprint density at radius 3 is 2.74 bits per heavy atom. The van der Waals surface area contributed by atoms with E-state index in [1.807, 2.05) is 6.07 Å². The summed E-state index contributed by atoms with van der Waals surface area (Å²) in [6.07, 6.45) is 1.98. The van der Waals surface area contributed by atoms with Crippen molar-refractivity contribution in [3.05, 3.63) is 34.6 Å². The lowest BCUT2D eigenvalue weighted by molar-refractivity contribution is 0.170. The van der Waals surface area contributed by atoms with Crippen LogP contribution >= 0.6 is 11.6 Å². The summed E-state index contributed by atoms with van der Waals surface area (Å²) in [6.45, 7) is 5.89. The van der Waals surface area contributed by atoms with Gasteiger partial charge in [0.15, 0.2) is 0 Å². The van der Waals surface area contributed by atoms with E-state index < -0.39 is 0 Å². The first-order chi connectivity index (χ1) is 9.10. The van der Waals surface area contributed by atoms with E-state index in [-0.39, 0.29) is 16.9 Å². The van der Waals surface area contributed by atoms with E-state index >= 15 is 0 Å². The van der Waals surface area contributed by atoms with Crippen LogP contribution in [-0.2, 0) is 4.74 Å². The van der Waals surface area contributed by atoms with Gasteiger partial charge in [-0.05, 0) is 43.0 Å². The van der Waals surface area contributed by atoms with Gasteiger partial charge in [-0.15, -0.1) is 0 Å². The highest BCUT2D eigenvalue weighted by Gasteiger charge is 2.19. The van der Waals surface area contributed by atoms with Crippen molar-refractivity contribution in [3.8, 4) is 0 Å². The van der Waals surface area contributed by atoms with Gasteiger partial charge in [-0.1, -0.05) is 31.5 Å². The van der Waals surface area contributed by atoms with Crippen molar-refractivity contribution in [3.63, 3.8) is 0 Å². The average molecular weight is 288 g/mol. The van der Waals surface area contributed by atoms with Crippen molar-refractivity contribution in [2.45, 2.75) is 32.7 Å². The number of benzene rings is 1. The molecule has 2 atom stereocenters. The van der Waals surface area contributed by atoms with Crippen LogP contribution in [0.1, 0.15) is 38.3 Å². The first-order valence-electron chi connectivity index (χ1n) is 6.77. The molecule has 2 unspecified atom stereocenters. The van der Waals surface area contributed by atoms with Crippen molar-refractivity contribution in [1.82, 2.24) is 5.32 Å². The molecule has 108 valence electrons. The van der Waals surface area contributed by atoms with Crippen molar-refractivity contribution in [1.29, 1.82) is 0 Å². The molecule has 0 heterocycles. The van der Waals surface area contributed by atoms with E-state index in [2.05, 4.69) is 19.2 Å². The van der Waals surface area contributed by atoms with Crippen LogP contribution in [0.4, 0.5) is 4.39 Å². The lowest BCUT2D eigenvalue weighted by Crippen LogP contribution is -2.28. The Hall–Kier alpha value is -0.640. The average Bonchev–Trinajstić information content (AvgIpc) is 2.40. The zero-order valence-corrected chi connectivity index (χ0v) is 12.6. The maximum atomic E-state index is 13.6. The molecular weight excluding hydrogens is 265 g/mol. The molecule has 0 radical (unpaired) electrons. The fourth-order valence-corrected chi connectivity index (χ4v) is 2.24. The highest BCUT2D eigenvalue weighted by molar-refractivity contribution is 6.30. The summed E-state index contributed by atoms with van der Waals surface area (Å²) in [5.41, 5.74) is 0.943. The number of ether oxygens (including phenoxy) is 1. The quantitative estimate of drug-likeness (QED) is 0.774. The molecule has 0 bridgehead atoms. The SMILES string of the molecule is CCCNC(c1ccc(Cl)c(F)c1)C(C)CCOC. The molecule has 0 aliphatic heterocycles. The van der Waals surface area contributed by atoms with Crippen LogP contribution in [0, 0.1) is 11.7 Å². The lowest BCUT2D eigenvalue weighted by Gasteiger charge is -2.26. The van der Waals surface area contributed by atoms with E-state index in [1.165, 1.54) is 6.07 Å². The number of halogens is 2. The molecule has 0 spiro atoms. The summed E-state index contributed by atoms with van der Waals surface area (Å²) in [7, 11) is 1.70. The largest absolute Gasteiger partial charge is 0.385 e. The van der Waals surface area contributed by atoms with Crippen molar-refractivity contribution in [2.24, 2.45) is 5.92 Å². The standard InChI is InChI=1S/C15H23ClFNO/c1-4-8-18-15(11(2)7-9-19-3)12-5-6-13(16)14(17)10-12/h5-6,10-11,15,18H,4,7-9H2,1-3H3. The van der Waals surface area contributed by atoms with E-state index in [0.29, 0.717) is 12.5 Å². The van der Waals surface area contributed by atoms with Gasteiger partial charge in [-0.25, -0.2) is 4.39 Å². The molecule has 1 aromatic carbocycles. The molecule has 0 aliphatic carbocycles. The van der Waals surface area contributed by atoms with Crippen LogP contribution in [0.5, 0.6) is 0 Å². The molecule has 0 saturated heterocycles. The monoisotopic (exact) mass is 287 g/mol. The number of rotatable bonds is 8. The molecule has 4 heteroatoms. The summed E-state index contributed by atoms with van der Waals surface area (Å²) >= 11 is 5.74. The van der Waals surface area contributed by atoms with Crippen LogP contribution in [0.2, 0.25) is 5.02 Å². The minimum absolute atomic E-state index is 0.127. The third-order valence-corrected chi connectivity index (χ3v) is 3.57. The second-order valence-corrected chi connectivity index (χ2v) is 5.27. The van der Waals surface area contributed by atoms with Gasteiger partial charge in [0.2, 0.25) is 0 Å². The summed E-state index contributed by atoms with van der Waals surface area (Å²) in [5, 5.41) is 3.64. The Morgan fingerprint density at radius 2 is 2.16 bits per heavy atom. The first kappa shape index (κ1) is 16.4. The summed E-state index contributed by atoms with van der Waals surface area (Å²) < 4.78 is 18.7. The Kier molecular flexibility index (Phi) is 7.36. The normalized spacial score (nSPS) is 14.4. The first-order valence-corrected chi connectivity index (χ1v) is 7.15. The highest BCUT2D eigenvalue weighted by Crippen LogP contribution is 2.27.